The molecule has 4 nitrogen and oxygen atoms in total. The molecule has 1 N–H and O–H groups in total. The fraction of sp³-hybridized carbons (Fsp3) is 0. The number of rotatable bonds is 4. The van der Waals surface area contributed by atoms with Gasteiger partial charge in [-0.05, 0) is 60.2 Å². The quantitative estimate of drug-likeness (QED) is 0.693. The molecule has 0 saturated carbocycles. The maximum absolute atomic E-state index is 13.0. The molecule has 0 radical (unpaired) electrons. The van der Waals surface area contributed by atoms with Gasteiger partial charge >= 0.3 is 5.97 Å². The highest BCUT2D eigenvalue weighted by Crippen LogP contribution is 2.25. The van der Waals surface area contributed by atoms with Crippen LogP contribution in [0.3, 0.4) is 0 Å². The average Bonchev–Trinajstić information content (AvgIpc) is 3.09. The summed E-state index contributed by atoms with van der Waals surface area (Å²) in [4.78, 5) is 10.9. The molecule has 0 unspecified atom stereocenters. The highest BCUT2D eigenvalue weighted by Gasteiger charge is 2.08. The minimum absolute atomic E-state index is 0.151. The molecule has 2 aromatic carbocycles. The summed E-state index contributed by atoms with van der Waals surface area (Å²) in [5.74, 6) is -0.320. The molecule has 3 aromatic rings. The Bertz CT molecular complexity index is 977. The van der Waals surface area contributed by atoms with Crippen molar-refractivity contribution in [2.24, 2.45) is 0 Å². The zero-order chi connectivity index (χ0) is 17.8. The Labute approximate surface area is 143 Å². The Morgan fingerprint density at radius 2 is 1.64 bits per heavy atom. The van der Waals surface area contributed by atoms with Gasteiger partial charge in [0, 0.05) is 5.56 Å². The third-order valence-electron chi connectivity index (χ3n) is 3.61. The fourth-order valence-electron chi connectivity index (χ4n) is 2.31. The van der Waals surface area contributed by atoms with E-state index in [1.54, 1.807) is 42.5 Å². The fourth-order valence-corrected chi connectivity index (χ4v) is 2.31. The van der Waals surface area contributed by atoms with Crippen molar-refractivity contribution in [2.75, 3.05) is 0 Å². The molecular weight excluding hydrogens is 321 g/mol. The molecule has 1 heterocycles. The second kappa shape index (κ2) is 6.85. The van der Waals surface area contributed by atoms with Crippen LogP contribution < -0.4 is 0 Å². The summed E-state index contributed by atoms with van der Waals surface area (Å²) in [6.45, 7) is 0. The second-order valence-corrected chi connectivity index (χ2v) is 5.26. The zero-order valence-electron chi connectivity index (χ0n) is 12.9. The molecule has 0 aliphatic heterocycles. The third-order valence-corrected chi connectivity index (χ3v) is 3.61. The van der Waals surface area contributed by atoms with E-state index < -0.39 is 5.97 Å². The predicted molar refractivity (Wildman–Crippen MR) is 91.0 cm³/mol. The van der Waals surface area contributed by atoms with Crippen molar-refractivity contribution in [1.82, 2.24) is 0 Å². The summed E-state index contributed by atoms with van der Waals surface area (Å²) in [5, 5.41) is 18.3. The molecule has 0 saturated heterocycles. The van der Waals surface area contributed by atoms with Crippen LogP contribution >= 0.6 is 0 Å². The number of aromatic carboxylic acids is 1. The van der Waals surface area contributed by atoms with E-state index in [-0.39, 0.29) is 11.4 Å². The van der Waals surface area contributed by atoms with Crippen LogP contribution in [0.2, 0.25) is 0 Å². The number of allylic oxidation sites excluding steroid dienone is 1. The minimum atomic E-state index is -1.02. The number of nitriles is 1. The highest BCUT2D eigenvalue weighted by atomic mass is 19.1. The summed E-state index contributed by atoms with van der Waals surface area (Å²) < 4.78 is 18.7. The standard InChI is InChI=1S/C20H12FNO3/c21-17-7-5-14(6-8-17)19-10-9-18(25-19)11-16(12-22)13-1-3-15(4-2-13)20(23)24/h1-11H,(H,23,24). The van der Waals surface area contributed by atoms with E-state index in [4.69, 9.17) is 9.52 Å². The monoisotopic (exact) mass is 333 g/mol. The van der Waals surface area contributed by atoms with Gasteiger partial charge in [0.15, 0.2) is 0 Å². The molecular formula is C20H12FNO3. The first kappa shape index (κ1) is 16.2. The number of benzene rings is 2. The van der Waals surface area contributed by atoms with Crippen molar-refractivity contribution in [2.45, 2.75) is 0 Å². The van der Waals surface area contributed by atoms with E-state index in [0.29, 0.717) is 22.7 Å². The number of carbonyl (C=O) groups is 1. The van der Waals surface area contributed by atoms with Crippen molar-refractivity contribution in [3.05, 3.63) is 83.4 Å². The number of hydrogen-bond acceptors (Lipinski definition) is 3. The number of hydrogen-bond donors (Lipinski definition) is 1. The van der Waals surface area contributed by atoms with E-state index >= 15 is 0 Å². The first-order chi connectivity index (χ1) is 12.1. The first-order valence-corrected chi connectivity index (χ1v) is 7.38. The molecule has 25 heavy (non-hydrogen) atoms. The molecule has 0 atom stereocenters. The van der Waals surface area contributed by atoms with E-state index in [1.807, 2.05) is 0 Å². The van der Waals surface area contributed by atoms with Gasteiger partial charge in [0.1, 0.15) is 17.3 Å². The maximum atomic E-state index is 13.0. The number of nitrogens with zero attached hydrogens (tertiary/aromatic N) is 1. The van der Waals surface area contributed by atoms with Crippen LogP contribution in [0.15, 0.2) is 65.1 Å². The minimum Gasteiger partial charge on any atom is -0.478 e. The third kappa shape index (κ3) is 3.65. The van der Waals surface area contributed by atoms with Crippen LogP contribution in [0.25, 0.3) is 23.0 Å². The van der Waals surface area contributed by atoms with Crippen LogP contribution in [0.4, 0.5) is 4.39 Å². The lowest BCUT2D eigenvalue weighted by Gasteiger charge is -2.00. The predicted octanol–water partition coefficient (Wildman–Crippen LogP) is 4.85. The molecule has 0 amide bonds. The normalized spacial score (nSPS) is 11.1. The van der Waals surface area contributed by atoms with Crippen LogP contribution in [0.1, 0.15) is 21.7 Å². The largest absolute Gasteiger partial charge is 0.478 e. The topological polar surface area (TPSA) is 74.2 Å². The summed E-state index contributed by atoms with van der Waals surface area (Å²) in [6.07, 6.45) is 1.57. The van der Waals surface area contributed by atoms with Crippen molar-refractivity contribution in [3.8, 4) is 17.4 Å². The molecule has 0 spiro atoms. The lowest BCUT2D eigenvalue weighted by Crippen LogP contribution is -1.95. The van der Waals surface area contributed by atoms with Crippen LogP contribution in [0.5, 0.6) is 0 Å². The van der Waals surface area contributed by atoms with E-state index in [1.165, 1.54) is 24.3 Å². The summed E-state index contributed by atoms with van der Waals surface area (Å²) in [6, 6.07) is 17.5. The lowest BCUT2D eigenvalue weighted by atomic mass is 10.0. The van der Waals surface area contributed by atoms with Gasteiger partial charge in [0.05, 0.1) is 17.2 Å². The Hall–Kier alpha value is -3.65. The number of carboxylic acids is 1. The Balaban J connectivity index is 1.89. The van der Waals surface area contributed by atoms with Crippen molar-refractivity contribution in [1.29, 1.82) is 5.26 Å². The molecule has 1 aromatic heterocycles. The van der Waals surface area contributed by atoms with Crippen LogP contribution in [-0.4, -0.2) is 11.1 Å². The van der Waals surface area contributed by atoms with Crippen molar-refractivity contribution >= 4 is 17.6 Å². The Morgan fingerprint density at radius 3 is 2.24 bits per heavy atom. The van der Waals surface area contributed by atoms with Crippen LogP contribution in [-0.2, 0) is 0 Å². The molecule has 0 bridgehead atoms. The van der Waals surface area contributed by atoms with E-state index in [0.717, 1.165) is 5.56 Å². The first-order valence-electron chi connectivity index (χ1n) is 7.38. The maximum Gasteiger partial charge on any atom is 0.335 e. The summed E-state index contributed by atoms with van der Waals surface area (Å²) in [5.41, 5.74) is 1.81. The van der Waals surface area contributed by atoms with Gasteiger partial charge in [0.2, 0.25) is 0 Å². The average molecular weight is 333 g/mol. The lowest BCUT2D eigenvalue weighted by molar-refractivity contribution is 0.0697. The smallest absolute Gasteiger partial charge is 0.335 e. The van der Waals surface area contributed by atoms with Crippen molar-refractivity contribution < 1.29 is 18.7 Å². The number of carboxylic acid groups (broad SMARTS) is 1. The molecule has 3 rings (SSSR count). The zero-order valence-corrected chi connectivity index (χ0v) is 12.9. The molecule has 0 fully saturated rings. The number of furan rings is 1. The molecule has 0 aliphatic rings. The molecule has 5 heteroatoms. The number of halogens is 1. The summed E-state index contributed by atoms with van der Waals surface area (Å²) >= 11 is 0. The Morgan fingerprint density at radius 1 is 1.00 bits per heavy atom. The SMILES string of the molecule is N#CC(=Cc1ccc(-c2ccc(F)cc2)o1)c1ccc(C(=O)O)cc1. The summed E-state index contributed by atoms with van der Waals surface area (Å²) in [7, 11) is 0. The Kier molecular flexibility index (Phi) is 4.44. The van der Waals surface area contributed by atoms with Gasteiger partial charge in [-0.3, -0.25) is 0 Å². The van der Waals surface area contributed by atoms with E-state index in [2.05, 4.69) is 6.07 Å². The molecule has 122 valence electrons. The van der Waals surface area contributed by atoms with Gasteiger partial charge in [0.25, 0.3) is 0 Å². The van der Waals surface area contributed by atoms with Gasteiger partial charge in [-0.25, -0.2) is 9.18 Å². The second-order valence-electron chi connectivity index (χ2n) is 5.26. The molecule has 0 aliphatic carbocycles. The van der Waals surface area contributed by atoms with Gasteiger partial charge in [-0.2, -0.15) is 5.26 Å². The van der Waals surface area contributed by atoms with E-state index in [9.17, 15) is 14.4 Å². The highest BCUT2D eigenvalue weighted by molar-refractivity contribution is 5.91. The van der Waals surface area contributed by atoms with Gasteiger partial charge in [-0.1, -0.05) is 12.1 Å². The van der Waals surface area contributed by atoms with Crippen molar-refractivity contribution in [3.63, 3.8) is 0 Å². The van der Waals surface area contributed by atoms with Crippen LogP contribution in [0, 0.1) is 17.1 Å². The van der Waals surface area contributed by atoms with Gasteiger partial charge in [-0.15, -0.1) is 0 Å². The van der Waals surface area contributed by atoms with Gasteiger partial charge < -0.3 is 9.52 Å².